The van der Waals surface area contributed by atoms with Crippen LogP contribution in [0.1, 0.15) is 58.6 Å². The van der Waals surface area contributed by atoms with Crippen LogP contribution in [-0.4, -0.2) is 64.0 Å². The predicted octanol–water partition coefficient (Wildman–Crippen LogP) is 4.57. The van der Waals surface area contributed by atoms with Crippen LogP contribution in [0.15, 0.2) is 48.7 Å². The Labute approximate surface area is 247 Å². The number of carbonyl (C=O) groups is 1. The van der Waals surface area contributed by atoms with E-state index < -0.39 is 21.8 Å². The number of anilines is 3. The maximum absolute atomic E-state index is 12.6. The molecule has 226 valence electrons. The van der Waals surface area contributed by atoms with Crippen LogP contribution in [-0.2, 0) is 15.5 Å². The maximum Gasteiger partial charge on any atom is 0.324 e. The van der Waals surface area contributed by atoms with Crippen molar-refractivity contribution in [2.75, 3.05) is 34.9 Å². The average Bonchev–Trinajstić information content (AvgIpc) is 3.35. The Hall–Kier alpha value is -3.99. The summed E-state index contributed by atoms with van der Waals surface area (Å²) in [7, 11) is -3.67. The number of nitrogens with zero attached hydrogens (tertiary/aromatic N) is 5. The summed E-state index contributed by atoms with van der Waals surface area (Å²) in [5.74, 6) is 0.545. The molecule has 2 heterocycles. The van der Waals surface area contributed by atoms with Crippen LogP contribution >= 0.6 is 0 Å². The Morgan fingerprint density at radius 2 is 1.64 bits per heavy atom. The third kappa shape index (κ3) is 9.54. The summed E-state index contributed by atoms with van der Waals surface area (Å²) in [4.78, 5) is 14.7. The first-order valence-corrected chi connectivity index (χ1v) is 15.3. The van der Waals surface area contributed by atoms with Crippen molar-refractivity contribution < 1.29 is 22.9 Å². The highest BCUT2D eigenvalue weighted by Gasteiger charge is 2.31. The highest BCUT2D eigenvalue weighted by Crippen LogP contribution is 2.32. The minimum absolute atomic E-state index is 0.0588. The summed E-state index contributed by atoms with van der Waals surface area (Å²) in [6.45, 7) is 11.7. The van der Waals surface area contributed by atoms with E-state index in [0.717, 1.165) is 37.3 Å². The van der Waals surface area contributed by atoms with Gasteiger partial charge in [0.05, 0.1) is 35.0 Å². The number of carbonyl (C=O) groups excluding carboxylic acids is 1. The molecule has 1 fully saturated rings. The summed E-state index contributed by atoms with van der Waals surface area (Å²) in [6.07, 6.45) is 4.08. The van der Waals surface area contributed by atoms with Gasteiger partial charge < -0.3 is 15.3 Å². The molecular formula is C29H39N7O5S. The molecule has 0 atom stereocenters. The Balaban J connectivity index is 0.000000892. The lowest BCUT2D eigenvalue weighted by Crippen LogP contribution is -2.42. The minimum atomic E-state index is -3.67. The second-order valence-electron chi connectivity index (χ2n) is 11.9. The van der Waals surface area contributed by atoms with Crippen LogP contribution in [0.25, 0.3) is 5.69 Å². The molecule has 1 aliphatic rings. The Bertz CT molecular complexity index is 1520. The van der Waals surface area contributed by atoms with Crippen molar-refractivity contribution in [1.82, 2.24) is 15.0 Å². The summed E-state index contributed by atoms with van der Waals surface area (Å²) in [5, 5.41) is 33.6. The average molecular weight is 598 g/mol. The van der Waals surface area contributed by atoms with Crippen molar-refractivity contribution in [3.05, 3.63) is 59.8 Å². The van der Waals surface area contributed by atoms with E-state index in [1.54, 1.807) is 23.0 Å². The number of hydrogen-bond acceptors (Lipinski definition) is 8. The molecule has 42 heavy (non-hydrogen) atoms. The summed E-state index contributed by atoms with van der Waals surface area (Å²) < 4.78 is 27.5. The van der Waals surface area contributed by atoms with E-state index in [1.165, 1.54) is 5.56 Å². The van der Waals surface area contributed by atoms with E-state index in [0.29, 0.717) is 23.3 Å². The van der Waals surface area contributed by atoms with Gasteiger partial charge in [0.25, 0.3) is 10.1 Å². The number of benzene rings is 2. The molecule has 1 aliphatic heterocycles. The minimum Gasteiger partial charge on any atom is -0.390 e. The molecular weight excluding hydrogens is 558 g/mol. The van der Waals surface area contributed by atoms with Gasteiger partial charge in [-0.05, 0) is 73.9 Å². The fraction of sp³-hybridized carbons (Fsp3) is 0.448. The number of nitriles is 1. The zero-order chi connectivity index (χ0) is 31.3. The fourth-order valence-electron chi connectivity index (χ4n) is 4.65. The number of amides is 2. The maximum atomic E-state index is 12.6. The van der Waals surface area contributed by atoms with Gasteiger partial charge in [-0.3, -0.25) is 9.87 Å². The third-order valence-corrected chi connectivity index (χ3v) is 6.94. The lowest BCUT2D eigenvalue weighted by Gasteiger charge is -2.39. The molecule has 3 aromatic rings. The van der Waals surface area contributed by atoms with Gasteiger partial charge in [0, 0.05) is 18.8 Å². The van der Waals surface area contributed by atoms with E-state index in [4.69, 9.17) is 4.55 Å². The molecule has 0 aliphatic carbocycles. The zero-order valence-electron chi connectivity index (χ0n) is 24.8. The first kappa shape index (κ1) is 32.5. The molecule has 12 nitrogen and oxygen atoms in total. The van der Waals surface area contributed by atoms with E-state index in [2.05, 4.69) is 64.8 Å². The molecule has 0 unspecified atom stereocenters. The van der Waals surface area contributed by atoms with Gasteiger partial charge >= 0.3 is 6.03 Å². The van der Waals surface area contributed by atoms with Crippen molar-refractivity contribution in [2.24, 2.45) is 5.92 Å². The molecule has 1 saturated heterocycles. The SMILES string of the molecule is CC(C)(C)c1ccc(-n2cc(NC(=O)Nc3ccc(N4CCC(C(C)(C)O)CC4)c(C#N)c3)nn2)cc1.CS(=O)(=O)O. The highest BCUT2D eigenvalue weighted by molar-refractivity contribution is 7.85. The monoisotopic (exact) mass is 597 g/mol. The number of hydrogen-bond donors (Lipinski definition) is 4. The number of rotatable bonds is 5. The molecule has 0 radical (unpaired) electrons. The topological polar surface area (TPSA) is 173 Å². The quantitative estimate of drug-likeness (QED) is 0.307. The van der Waals surface area contributed by atoms with Gasteiger partial charge in [0.1, 0.15) is 6.07 Å². The molecule has 0 spiro atoms. The van der Waals surface area contributed by atoms with Gasteiger partial charge in [-0.1, -0.05) is 38.1 Å². The highest BCUT2D eigenvalue weighted by atomic mass is 32.2. The van der Waals surface area contributed by atoms with Crippen molar-refractivity contribution in [3.8, 4) is 11.8 Å². The second-order valence-corrected chi connectivity index (χ2v) is 13.4. The number of nitrogens with one attached hydrogen (secondary N) is 2. The molecule has 4 N–H and O–H groups in total. The van der Waals surface area contributed by atoms with Gasteiger partial charge in [-0.2, -0.15) is 13.7 Å². The first-order valence-electron chi connectivity index (χ1n) is 13.5. The molecule has 2 amide bonds. The molecule has 0 bridgehead atoms. The lowest BCUT2D eigenvalue weighted by atomic mass is 9.83. The molecule has 2 aromatic carbocycles. The largest absolute Gasteiger partial charge is 0.390 e. The van der Waals surface area contributed by atoms with E-state index >= 15 is 0 Å². The van der Waals surface area contributed by atoms with Crippen molar-refractivity contribution in [3.63, 3.8) is 0 Å². The molecule has 13 heteroatoms. The van der Waals surface area contributed by atoms with Gasteiger partial charge in [0.2, 0.25) is 0 Å². The standard InChI is InChI=1S/C28H35N7O2.CH4O3S/c1-27(2,3)20-6-9-23(10-7-20)35-18-25(32-33-35)31-26(36)30-22-8-11-24(19(16-22)17-29)34-14-12-21(13-15-34)28(4,5)37;1-5(2,3)4/h6-11,16,18,21,37H,12-15H2,1-5H3,(H2,30,31,36);1H3,(H,2,3,4). The number of urea groups is 1. The van der Waals surface area contributed by atoms with Gasteiger partial charge in [-0.25, -0.2) is 9.48 Å². The number of piperidine rings is 1. The summed E-state index contributed by atoms with van der Waals surface area (Å²) >= 11 is 0. The van der Waals surface area contributed by atoms with E-state index in [-0.39, 0.29) is 11.3 Å². The Kier molecular flexibility index (Phi) is 9.98. The smallest absolute Gasteiger partial charge is 0.324 e. The second kappa shape index (κ2) is 12.9. The van der Waals surface area contributed by atoms with Crippen LogP contribution in [0.5, 0.6) is 0 Å². The van der Waals surface area contributed by atoms with E-state index in [9.17, 15) is 23.6 Å². The zero-order valence-corrected chi connectivity index (χ0v) is 25.6. The van der Waals surface area contributed by atoms with Crippen molar-refractivity contribution >= 4 is 33.3 Å². The lowest BCUT2D eigenvalue weighted by molar-refractivity contribution is 0.00651. The summed E-state index contributed by atoms with van der Waals surface area (Å²) in [5.41, 5.74) is 3.25. The predicted molar refractivity (Wildman–Crippen MR) is 163 cm³/mol. The molecule has 4 rings (SSSR count). The Morgan fingerprint density at radius 1 is 1.05 bits per heavy atom. The van der Waals surface area contributed by atoms with Crippen molar-refractivity contribution in [2.45, 2.75) is 58.5 Å². The first-order chi connectivity index (χ1) is 19.4. The van der Waals surface area contributed by atoms with Crippen molar-refractivity contribution in [1.29, 1.82) is 5.26 Å². The van der Waals surface area contributed by atoms with Crippen LogP contribution in [0, 0.1) is 17.2 Å². The Morgan fingerprint density at radius 3 is 2.17 bits per heavy atom. The normalized spacial score (nSPS) is 14.4. The fourth-order valence-corrected chi connectivity index (χ4v) is 4.65. The third-order valence-electron chi connectivity index (χ3n) is 6.94. The molecule has 1 aromatic heterocycles. The molecule has 0 saturated carbocycles. The number of aliphatic hydroxyl groups is 1. The summed E-state index contributed by atoms with van der Waals surface area (Å²) in [6, 6.07) is 15.1. The van der Waals surface area contributed by atoms with Crippen LogP contribution < -0.4 is 15.5 Å². The van der Waals surface area contributed by atoms with Crippen LogP contribution in [0.3, 0.4) is 0 Å². The van der Waals surface area contributed by atoms with Crippen LogP contribution in [0.4, 0.5) is 22.0 Å². The van der Waals surface area contributed by atoms with Gasteiger partial charge in [0.15, 0.2) is 5.82 Å². The van der Waals surface area contributed by atoms with Crippen LogP contribution in [0.2, 0.25) is 0 Å². The number of aromatic nitrogens is 3. The van der Waals surface area contributed by atoms with E-state index in [1.807, 2.05) is 32.0 Å². The van der Waals surface area contributed by atoms with Gasteiger partial charge in [-0.15, -0.1) is 5.10 Å².